The molecule has 350 valence electrons. The van der Waals surface area contributed by atoms with Gasteiger partial charge in [-0.3, -0.25) is 24.7 Å². The van der Waals surface area contributed by atoms with E-state index in [0.717, 1.165) is 87.0 Å². The number of nitrogens with one attached hydrogen (secondary N) is 1. The molecule has 4 fully saturated rings. The number of nitrogens with zero attached hydrogens (tertiary/aromatic N) is 7. The van der Waals surface area contributed by atoms with E-state index in [4.69, 9.17) is 14.9 Å². The van der Waals surface area contributed by atoms with Crippen LogP contribution in [0.1, 0.15) is 97.2 Å². The SMILES string of the molecule is Cc1cc2c(N3CCN(C(=N)C4CCOC4)CC3)ncnc2c(F)c1-c1c(F)cccc1OCCCCCCCN1CCC(c2cc(F)cc3c2CN(C2CCC(=O)N(C)C2=O)C3=O)CC1. The van der Waals surface area contributed by atoms with Crippen LogP contribution in [0.4, 0.5) is 19.0 Å². The predicted octanol–water partition coefficient (Wildman–Crippen LogP) is 7.47. The van der Waals surface area contributed by atoms with Crippen molar-refractivity contribution in [1.29, 1.82) is 5.41 Å². The molecule has 3 amide bonds. The zero-order valence-electron chi connectivity index (χ0n) is 37.9. The van der Waals surface area contributed by atoms with Crippen molar-refractivity contribution in [1.82, 2.24) is 29.6 Å². The monoisotopic (exact) mass is 908 g/mol. The Balaban J connectivity index is 0.738. The number of aryl methyl sites for hydroxylation is 1. The number of benzene rings is 3. The molecule has 13 nitrogen and oxygen atoms in total. The standard InChI is InChI=1S/C50H59F3N8O5/c1-31-25-37-46(55-30-56-48(37)60-21-19-59(20-22-60)47(54)33-15-24-65-29-33)45(53)43(31)44-39(52)9-8-10-41(44)66-23-7-5-3-4-6-16-58-17-13-32(14-18-58)35-26-34(51)27-36-38(35)28-61(49(36)63)40-11-12-42(62)57(2)50(40)64/h8-10,25-27,30,32-33,40,54H,3-7,11-24,28-29H2,1-2H3. The summed E-state index contributed by atoms with van der Waals surface area (Å²) >= 11 is 0. The number of amides is 3. The molecule has 16 heteroatoms. The topological polar surface area (TPSA) is 136 Å². The molecule has 4 aromatic rings. The van der Waals surface area contributed by atoms with E-state index >= 15 is 8.78 Å². The quantitative estimate of drug-likeness (QED) is 0.0588. The second kappa shape index (κ2) is 19.7. The molecule has 6 heterocycles. The second-order valence-electron chi connectivity index (χ2n) is 18.5. The minimum Gasteiger partial charge on any atom is -0.493 e. The highest BCUT2D eigenvalue weighted by molar-refractivity contribution is 6.05. The molecule has 9 rings (SSSR count). The number of halogens is 3. The molecule has 0 saturated carbocycles. The molecule has 5 aliphatic rings. The summed E-state index contributed by atoms with van der Waals surface area (Å²) in [7, 11) is 1.45. The fraction of sp³-hybridized carbons (Fsp3) is 0.520. The van der Waals surface area contributed by atoms with Crippen molar-refractivity contribution in [2.24, 2.45) is 5.92 Å². The van der Waals surface area contributed by atoms with Gasteiger partial charge in [-0.05, 0) is 118 Å². The van der Waals surface area contributed by atoms with Crippen molar-refractivity contribution in [3.63, 3.8) is 0 Å². The number of hydrogen-bond donors (Lipinski definition) is 1. The van der Waals surface area contributed by atoms with Gasteiger partial charge in [0.1, 0.15) is 46.9 Å². The summed E-state index contributed by atoms with van der Waals surface area (Å²) in [5.41, 5.74) is 2.89. The third kappa shape index (κ3) is 9.10. The average molecular weight is 909 g/mol. The van der Waals surface area contributed by atoms with E-state index < -0.39 is 23.5 Å². The molecular formula is C50H59F3N8O5. The molecular weight excluding hydrogens is 850 g/mol. The molecule has 66 heavy (non-hydrogen) atoms. The molecule has 1 aromatic heterocycles. The third-order valence-corrected chi connectivity index (χ3v) is 14.5. The molecule has 0 spiro atoms. The van der Waals surface area contributed by atoms with Crippen LogP contribution < -0.4 is 9.64 Å². The Labute approximate surface area is 383 Å². The minimum atomic E-state index is -0.721. The lowest BCUT2D eigenvalue weighted by atomic mass is 9.85. The molecule has 0 aliphatic carbocycles. The van der Waals surface area contributed by atoms with E-state index in [1.54, 1.807) is 25.1 Å². The number of unbranched alkanes of at least 4 members (excludes halogenated alkanes) is 4. The van der Waals surface area contributed by atoms with E-state index in [0.29, 0.717) is 74.2 Å². The van der Waals surface area contributed by atoms with Crippen LogP contribution in [0.15, 0.2) is 42.7 Å². The number of ether oxygens (including phenoxy) is 2. The van der Waals surface area contributed by atoms with Gasteiger partial charge in [-0.25, -0.2) is 23.1 Å². The Bertz CT molecular complexity index is 2500. The van der Waals surface area contributed by atoms with E-state index in [1.165, 1.54) is 30.4 Å². The van der Waals surface area contributed by atoms with Crippen LogP contribution in [-0.4, -0.2) is 132 Å². The number of imide groups is 1. The number of likely N-dealkylation sites (N-methyl/N-ethyl adjacent to an activating group) is 1. The first-order valence-electron chi connectivity index (χ1n) is 23.7. The first-order chi connectivity index (χ1) is 32.0. The van der Waals surface area contributed by atoms with Crippen LogP contribution in [0, 0.1) is 35.7 Å². The Morgan fingerprint density at radius 3 is 2.44 bits per heavy atom. The number of likely N-dealkylation sites (tertiary alicyclic amines) is 2. The van der Waals surface area contributed by atoms with Gasteiger partial charge in [-0.2, -0.15) is 0 Å². The summed E-state index contributed by atoms with van der Waals surface area (Å²) in [6, 6.07) is 8.55. The summed E-state index contributed by atoms with van der Waals surface area (Å²) in [6.07, 6.45) is 9.18. The number of fused-ring (bicyclic) bond motifs is 2. The molecule has 0 bridgehead atoms. The average Bonchev–Trinajstić information content (AvgIpc) is 3.98. The first-order valence-corrected chi connectivity index (χ1v) is 23.7. The normalized spacial score (nSPS) is 20.8. The Hall–Kier alpha value is -5.61. The molecule has 2 atom stereocenters. The number of piperazine rings is 1. The highest BCUT2D eigenvalue weighted by Gasteiger charge is 2.43. The number of carbonyl (C=O) groups excluding carboxylic acids is 3. The smallest absolute Gasteiger partial charge is 0.255 e. The van der Waals surface area contributed by atoms with Gasteiger partial charge >= 0.3 is 0 Å². The van der Waals surface area contributed by atoms with E-state index in [1.807, 2.05) is 6.07 Å². The van der Waals surface area contributed by atoms with Crippen molar-refractivity contribution < 1.29 is 37.0 Å². The number of hydrogen-bond acceptors (Lipinski definition) is 10. The molecule has 3 aromatic carbocycles. The van der Waals surface area contributed by atoms with Crippen LogP contribution in [0.5, 0.6) is 5.75 Å². The van der Waals surface area contributed by atoms with Crippen molar-refractivity contribution in [2.45, 2.75) is 89.6 Å². The van der Waals surface area contributed by atoms with Gasteiger partial charge < -0.3 is 29.1 Å². The van der Waals surface area contributed by atoms with Gasteiger partial charge in [0.2, 0.25) is 5.91 Å². The summed E-state index contributed by atoms with van der Waals surface area (Å²) in [4.78, 5) is 56.6. The molecule has 1 N–H and O–H groups in total. The third-order valence-electron chi connectivity index (χ3n) is 14.5. The summed E-state index contributed by atoms with van der Waals surface area (Å²) in [5.74, 6) is -0.840. The van der Waals surface area contributed by atoms with E-state index in [-0.39, 0.29) is 71.3 Å². The molecule has 4 saturated heterocycles. The van der Waals surface area contributed by atoms with Crippen LogP contribution in [0.2, 0.25) is 0 Å². The van der Waals surface area contributed by atoms with Crippen molar-refractivity contribution in [3.8, 4) is 16.9 Å². The number of rotatable bonds is 14. The largest absolute Gasteiger partial charge is 0.493 e. The van der Waals surface area contributed by atoms with Crippen molar-refractivity contribution in [2.75, 3.05) is 77.6 Å². The maximum atomic E-state index is 16.6. The number of carbonyl (C=O) groups is 3. The Kier molecular flexibility index (Phi) is 13.6. The van der Waals surface area contributed by atoms with Gasteiger partial charge in [0, 0.05) is 75.2 Å². The summed E-state index contributed by atoms with van der Waals surface area (Å²) < 4.78 is 58.9. The van der Waals surface area contributed by atoms with Gasteiger partial charge in [-0.15, -0.1) is 0 Å². The van der Waals surface area contributed by atoms with E-state index in [2.05, 4.69) is 24.7 Å². The minimum absolute atomic E-state index is 0.0845. The molecule has 2 unspecified atom stereocenters. The fourth-order valence-electron chi connectivity index (χ4n) is 10.7. The van der Waals surface area contributed by atoms with Crippen LogP contribution in [0.25, 0.3) is 22.0 Å². The Morgan fingerprint density at radius 2 is 1.67 bits per heavy atom. The van der Waals surface area contributed by atoms with Crippen molar-refractivity contribution >= 4 is 40.3 Å². The summed E-state index contributed by atoms with van der Waals surface area (Å²) in [5, 5.41) is 9.22. The maximum Gasteiger partial charge on any atom is 0.255 e. The highest BCUT2D eigenvalue weighted by atomic mass is 19.1. The number of piperidine rings is 2. The van der Waals surface area contributed by atoms with Gasteiger partial charge in [-0.1, -0.05) is 25.3 Å². The molecule has 5 aliphatic heterocycles. The maximum absolute atomic E-state index is 16.6. The molecule has 0 radical (unpaired) electrons. The van der Waals surface area contributed by atoms with Gasteiger partial charge in [0.25, 0.3) is 11.8 Å². The number of aromatic nitrogens is 2. The fourth-order valence-corrected chi connectivity index (χ4v) is 10.7. The number of anilines is 1. The van der Waals surface area contributed by atoms with Crippen LogP contribution in [-0.2, 0) is 20.9 Å². The van der Waals surface area contributed by atoms with Crippen LogP contribution >= 0.6 is 0 Å². The zero-order chi connectivity index (χ0) is 46.1. The second-order valence-corrected chi connectivity index (χ2v) is 18.5. The summed E-state index contributed by atoms with van der Waals surface area (Å²) in [6.45, 7) is 8.93. The lowest BCUT2D eigenvalue weighted by molar-refractivity contribution is -0.150. The lowest BCUT2D eigenvalue weighted by Gasteiger charge is -2.38. The lowest BCUT2D eigenvalue weighted by Crippen LogP contribution is -2.53. The van der Waals surface area contributed by atoms with Gasteiger partial charge in [0.05, 0.1) is 18.8 Å². The Morgan fingerprint density at radius 1 is 0.894 bits per heavy atom. The predicted molar refractivity (Wildman–Crippen MR) is 244 cm³/mol. The van der Waals surface area contributed by atoms with E-state index in [9.17, 15) is 18.8 Å². The first kappa shape index (κ1) is 45.5. The van der Waals surface area contributed by atoms with Crippen molar-refractivity contribution in [3.05, 3.63) is 82.4 Å². The zero-order valence-corrected chi connectivity index (χ0v) is 37.9. The number of amidine groups is 1. The highest BCUT2D eigenvalue weighted by Crippen LogP contribution is 2.41. The van der Waals surface area contributed by atoms with Gasteiger partial charge in [0.15, 0.2) is 5.82 Å². The van der Waals surface area contributed by atoms with Crippen LogP contribution in [0.3, 0.4) is 0 Å².